The Bertz CT molecular complexity index is 479. The number of hydrogen-bond donors (Lipinski definition) is 1. The maximum atomic E-state index is 11.9. The summed E-state index contributed by atoms with van der Waals surface area (Å²) in [7, 11) is -3.64. The zero-order valence-electron chi connectivity index (χ0n) is 10.4. The van der Waals surface area contributed by atoms with Crippen LogP contribution in [0.25, 0.3) is 0 Å². The van der Waals surface area contributed by atoms with Crippen molar-refractivity contribution in [2.45, 2.75) is 11.8 Å². The highest BCUT2D eigenvalue weighted by Crippen LogP contribution is 2.13. The molecule has 6 heteroatoms. The molecule has 100 valence electrons. The minimum atomic E-state index is -3.64. The van der Waals surface area contributed by atoms with E-state index in [1.54, 1.807) is 24.3 Å². The maximum absolute atomic E-state index is 11.9. The third-order valence-corrected chi connectivity index (χ3v) is 4.17. The van der Waals surface area contributed by atoms with E-state index in [1.807, 2.05) is 11.8 Å². The number of aryl methyl sites for hydroxylation is 1. The fourth-order valence-corrected chi connectivity index (χ4v) is 2.65. The number of piperazine rings is 1. The molecule has 18 heavy (non-hydrogen) atoms. The molecule has 1 N–H and O–H groups in total. The van der Waals surface area contributed by atoms with Crippen molar-refractivity contribution in [1.82, 2.24) is 10.2 Å². The van der Waals surface area contributed by atoms with Crippen LogP contribution in [0.15, 0.2) is 29.2 Å². The van der Waals surface area contributed by atoms with Gasteiger partial charge in [-0.25, -0.2) is 0 Å². The Balaban J connectivity index is 1.96. The van der Waals surface area contributed by atoms with Gasteiger partial charge in [0.25, 0.3) is 10.1 Å². The first-order valence-corrected chi connectivity index (χ1v) is 7.38. The van der Waals surface area contributed by atoms with Crippen LogP contribution in [0, 0.1) is 6.92 Å². The first kappa shape index (κ1) is 13.5. The Labute approximate surface area is 108 Å². The molecule has 5 nitrogen and oxygen atoms in total. The fourth-order valence-electron chi connectivity index (χ4n) is 1.76. The van der Waals surface area contributed by atoms with Crippen LogP contribution in [-0.4, -0.2) is 46.2 Å². The molecule has 0 spiro atoms. The highest BCUT2D eigenvalue weighted by molar-refractivity contribution is 7.86. The first-order valence-electron chi connectivity index (χ1n) is 5.97. The predicted molar refractivity (Wildman–Crippen MR) is 68.8 cm³/mol. The van der Waals surface area contributed by atoms with Gasteiger partial charge in [-0.3, -0.25) is 9.08 Å². The largest absolute Gasteiger partial charge is 0.314 e. The van der Waals surface area contributed by atoms with E-state index in [-0.39, 0.29) is 11.6 Å². The molecule has 0 saturated carbocycles. The lowest BCUT2D eigenvalue weighted by Gasteiger charge is -2.26. The molecule has 0 amide bonds. The van der Waals surface area contributed by atoms with E-state index >= 15 is 0 Å². The SMILES string of the molecule is Cc1ccc(S(=O)(=O)OCN2CCNCC2)cc1. The minimum Gasteiger partial charge on any atom is -0.314 e. The highest BCUT2D eigenvalue weighted by Gasteiger charge is 2.17. The Morgan fingerprint density at radius 1 is 1.22 bits per heavy atom. The van der Waals surface area contributed by atoms with Crippen LogP contribution < -0.4 is 5.32 Å². The van der Waals surface area contributed by atoms with Crippen LogP contribution in [0.2, 0.25) is 0 Å². The molecule has 0 aromatic heterocycles. The Morgan fingerprint density at radius 2 is 1.83 bits per heavy atom. The molecular formula is C12H18N2O3S. The molecule has 1 aliphatic rings. The maximum Gasteiger partial charge on any atom is 0.298 e. The van der Waals surface area contributed by atoms with E-state index in [2.05, 4.69) is 5.32 Å². The van der Waals surface area contributed by atoms with Gasteiger partial charge in [-0.05, 0) is 19.1 Å². The van der Waals surface area contributed by atoms with E-state index in [0.29, 0.717) is 0 Å². The number of benzene rings is 1. The average molecular weight is 270 g/mol. The molecule has 1 fully saturated rings. The predicted octanol–water partition coefficient (Wildman–Crippen LogP) is 0.563. The van der Waals surface area contributed by atoms with Gasteiger partial charge in [0.1, 0.15) is 6.73 Å². The Morgan fingerprint density at radius 3 is 2.44 bits per heavy atom. The Kier molecular flexibility index (Phi) is 4.34. The number of rotatable bonds is 4. The highest BCUT2D eigenvalue weighted by atomic mass is 32.2. The van der Waals surface area contributed by atoms with Crippen LogP contribution in [-0.2, 0) is 14.3 Å². The summed E-state index contributed by atoms with van der Waals surface area (Å²) in [4.78, 5) is 2.19. The lowest BCUT2D eigenvalue weighted by atomic mass is 10.2. The van der Waals surface area contributed by atoms with Crippen molar-refractivity contribution < 1.29 is 12.6 Å². The minimum absolute atomic E-state index is 0.123. The second kappa shape index (κ2) is 5.79. The first-order chi connectivity index (χ1) is 8.58. The van der Waals surface area contributed by atoms with Crippen LogP contribution in [0.4, 0.5) is 0 Å². The van der Waals surface area contributed by atoms with Crippen molar-refractivity contribution in [3.63, 3.8) is 0 Å². The third kappa shape index (κ3) is 3.52. The summed E-state index contributed by atoms with van der Waals surface area (Å²) in [6, 6.07) is 6.67. The molecule has 1 aromatic rings. The molecule has 0 unspecified atom stereocenters. The van der Waals surface area contributed by atoms with Crippen molar-refractivity contribution >= 4 is 10.1 Å². The zero-order valence-corrected chi connectivity index (χ0v) is 11.2. The lowest BCUT2D eigenvalue weighted by molar-refractivity contribution is 0.118. The monoisotopic (exact) mass is 270 g/mol. The van der Waals surface area contributed by atoms with Gasteiger partial charge in [0.05, 0.1) is 4.90 Å². The quantitative estimate of drug-likeness (QED) is 0.810. The Hall–Kier alpha value is -0.950. The van der Waals surface area contributed by atoms with Crippen LogP contribution in [0.5, 0.6) is 0 Å². The van der Waals surface area contributed by atoms with Crippen molar-refractivity contribution in [3.8, 4) is 0 Å². The van der Waals surface area contributed by atoms with Gasteiger partial charge in [0, 0.05) is 26.2 Å². The van der Waals surface area contributed by atoms with E-state index in [0.717, 1.165) is 31.7 Å². The van der Waals surface area contributed by atoms with Crippen LogP contribution in [0.1, 0.15) is 5.56 Å². The smallest absolute Gasteiger partial charge is 0.298 e. The molecule has 0 bridgehead atoms. The van der Waals surface area contributed by atoms with Gasteiger partial charge in [-0.2, -0.15) is 8.42 Å². The molecule has 1 heterocycles. The topological polar surface area (TPSA) is 58.6 Å². The van der Waals surface area contributed by atoms with Crippen LogP contribution >= 0.6 is 0 Å². The van der Waals surface area contributed by atoms with Crippen molar-refractivity contribution in [2.75, 3.05) is 32.9 Å². The summed E-state index contributed by atoms with van der Waals surface area (Å²) in [6.07, 6.45) is 0. The molecule has 0 atom stereocenters. The second-order valence-electron chi connectivity index (χ2n) is 4.38. The second-order valence-corrected chi connectivity index (χ2v) is 6.00. The van der Waals surface area contributed by atoms with Crippen molar-refractivity contribution in [3.05, 3.63) is 29.8 Å². The van der Waals surface area contributed by atoms with Gasteiger partial charge in [-0.15, -0.1) is 0 Å². The molecular weight excluding hydrogens is 252 g/mol. The van der Waals surface area contributed by atoms with E-state index in [1.165, 1.54) is 0 Å². The van der Waals surface area contributed by atoms with Gasteiger partial charge in [-0.1, -0.05) is 17.7 Å². The summed E-state index contributed by atoms with van der Waals surface area (Å²) < 4.78 is 28.9. The van der Waals surface area contributed by atoms with Gasteiger partial charge in [0.15, 0.2) is 0 Å². The fraction of sp³-hybridized carbons (Fsp3) is 0.500. The molecule has 0 aliphatic carbocycles. The number of hydrogen-bond acceptors (Lipinski definition) is 5. The number of nitrogens with one attached hydrogen (secondary N) is 1. The van der Waals surface area contributed by atoms with Gasteiger partial charge >= 0.3 is 0 Å². The van der Waals surface area contributed by atoms with E-state index < -0.39 is 10.1 Å². The molecule has 1 aliphatic heterocycles. The lowest BCUT2D eigenvalue weighted by Crippen LogP contribution is -2.44. The standard InChI is InChI=1S/C12H18N2O3S/c1-11-2-4-12(5-3-11)18(15,16)17-10-14-8-6-13-7-9-14/h2-5,13H,6-10H2,1H3. The van der Waals surface area contributed by atoms with Gasteiger partial charge < -0.3 is 5.32 Å². The van der Waals surface area contributed by atoms with Crippen LogP contribution in [0.3, 0.4) is 0 Å². The summed E-state index contributed by atoms with van der Waals surface area (Å²) in [5, 5.41) is 3.20. The third-order valence-electron chi connectivity index (χ3n) is 2.91. The average Bonchev–Trinajstić information content (AvgIpc) is 2.38. The molecule has 2 rings (SSSR count). The summed E-state index contributed by atoms with van der Waals surface area (Å²) >= 11 is 0. The summed E-state index contributed by atoms with van der Waals surface area (Å²) in [6.45, 7) is 5.39. The molecule has 1 aromatic carbocycles. The molecule has 1 saturated heterocycles. The molecule has 0 radical (unpaired) electrons. The summed E-state index contributed by atoms with van der Waals surface area (Å²) in [5.74, 6) is 0. The number of nitrogens with zero attached hydrogens (tertiary/aromatic N) is 1. The van der Waals surface area contributed by atoms with E-state index in [4.69, 9.17) is 4.18 Å². The van der Waals surface area contributed by atoms with Crippen molar-refractivity contribution in [1.29, 1.82) is 0 Å². The summed E-state index contributed by atoms with van der Waals surface area (Å²) in [5.41, 5.74) is 1.02. The van der Waals surface area contributed by atoms with E-state index in [9.17, 15) is 8.42 Å². The van der Waals surface area contributed by atoms with Crippen molar-refractivity contribution in [2.24, 2.45) is 0 Å². The van der Waals surface area contributed by atoms with Gasteiger partial charge in [0.2, 0.25) is 0 Å². The normalized spacial score (nSPS) is 17.8. The zero-order chi connectivity index (χ0) is 13.0.